The molecule has 0 spiro atoms. The van der Waals surface area contributed by atoms with Crippen LogP contribution in [0.4, 0.5) is 0 Å². The van der Waals surface area contributed by atoms with Crippen molar-refractivity contribution in [3.05, 3.63) is 29.8 Å². The molecule has 0 unspecified atom stereocenters. The highest BCUT2D eigenvalue weighted by Crippen LogP contribution is 2.23. The predicted octanol–water partition coefficient (Wildman–Crippen LogP) is 1.99. The van der Waals surface area contributed by atoms with Gasteiger partial charge in [0.2, 0.25) is 0 Å². The van der Waals surface area contributed by atoms with Crippen molar-refractivity contribution < 1.29 is 14.3 Å². The molecule has 104 valence electrons. The highest BCUT2D eigenvalue weighted by atomic mass is 16.5. The number of methoxy groups -OCH3 is 1. The van der Waals surface area contributed by atoms with Gasteiger partial charge >= 0.3 is 0 Å². The van der Waals surface area contributed by atoms with Crippen molar-refractivity contribution in [1.29, 1.82) is 0 Å². The molecule has 0 aromatic heterocycles. The highest BCUT2D eigenvalue weighted by Gasteiger charge is 2.35. The summed E-state index contributed by atoms with van der Waals surface area (Å²) in [6.07, 6.45) is 0. The maximum Gasteiger partial charge on any atom is 0.182 e. The molecule has 1 saturated heterocycles. The van der Waals surface area contributed by atoms with Crippen molar-refractivity contribution in [3.63, 3.8) is 0 Å². The molecule has 0 amide bonds. The fraction of sp³-hybridized carbons (Fsp3) is 0.533. The molecule has 4 heteroatoms. The Kier molecular flexibility index (Phi) is 4.22. The summed E-state index contributed by atoms with van der Waals surface area (Å²) in [6, 6.07) is 7.29. The van der Waals surface area contributed by atoms with Crippen LogP contribution < -0.4 is 4.74 Å². The lowest BCUT2D eigenvalue weighted by Gasteiger charge is -2.39. The quantitative estimate of drug-likeness (QED) is 0.779. The number of rotatable bonds is 4. The topological polar surface area (TPSA) is 38.8 Å². The van der Waals surface area contributed by atoms with Gasteiger partial charge in [-0.15, -0.1) is 0 Å². The van der Waals surface area contributed by atoms with Crippen LogP contribution in [-0.4, -0.2) is 49.6 Å². The average Bonchev–Trinajstić information content (AvgIpc) is 2.47. The van der Waals surface area contributed by atoms with E-state index < -0.39 is 5.54 Å². The molecule has 0 bridgehead atoms. The number of nitrogens with zero attached hydrogens (tertiary/aromatic N) is 1. The standard InChI is InChI=1S/C15H21NO3/c1-15(2,16-8-10-19-11-9-16)14(17)12-4-6-13(18-3)7-5-12/h4-7H,8-11H2,1-3H3. The zero-order valence-corrected chi connectivity index (χ0v) is 11.8. The monoisotopic (exact) mass is 263 g/mol. The summed E-state index contributed by atoms with van der Waals surface area (Å²) < 4.78 is 10.5. The molecule has 1 aliphatic heterocycles. The van der Waals surface area contributed by atoms with E-state index in [1.165, 1.54) is 0 Å². The van der Waals surface area contributed by atoms with Crippen molar-refractivity contribution in [2.75, 3.05) is 33.4 Å². The molecule has 0 radical (unpaired) electrons. The molecular formula is C15H21NO3. The Labute approximate surface area is 114 Å². The van der Waals surface area contributed by atoms with Crippen LogP contribution in [-0.2, 0) is 4.74 Å². The lowest BCUT2D eigenvalue weighted by atomic mass is 9.91. The van der Waals surface area contributed by atoms with Crippen molar-refractivity contribution >= 4 is 5.78 Å². The molecule has 1 heterocycles. The van der Waals surface area contributed by atoms with E-state index >= 15 is 0 Å². The van der Waals surface area contributed by atoms with Gasteiger partial charge in [0, 0.05) is 18.7 Å². The molecule has 0 aliphatic carbocycles. The molecule has 0 atom stereocenters. The number of benzene rings is 1. The van der Waals surface area contributed by atoms with E-state index in [0.29, 0.717) is 13.2 Å². The zero-order chi connectivity index (χ0) is 13.9. The lowest BCUT2D eigenvalue weighted by Crippen LogP contribution is -2.54. The second-order valence-corrected chi connectivity index (χ2v) is 5.22. The van der Waals surface area contributed by atoms with Gasteiger partial charge in [0.15, 0.2) is 5.78 Å². The minimum absolute atomic E-state index is 0.136. The van der Waals surface area contributed by atoms with Crippen molar-refractivity contribution in [1.82, 2.24) is 4.90 Å². The van der Waals surface area contributed by atoms with Crippen LogP contribution in [0.15, 0.2) is 24.3 Å². The third-order valence-electron chi connectivity index (χ3n) is 3.71. The summed E-state index contributed by atoms with van der Waals surface area (Å²) in [6.45, 7) is 6.94. The van der Waals surface area contributed by atoms with Gasteiger partial charge in [0.05, 0.1) is 25.9 Å². The number of carbonyl (C=O) groups is 1. The van der Waals surface area contributed by atoms with Crippen LogP contribution in [0, 0.1) is 0 Å². The maximum atomic E-state index is 12.6. The van der Waals surface area contributed by atoms with Crippen LogP contribution >= 0.6 is 0 Å². The molecule has 1 fully saturated rings. The van der Waals surface area contributed by atoms with E-state index in [9.17, 15) is 4.79 Å². The van der Waals surface area contributed by atoms with E-state index in [2.05, 4.69) is 4.90 Å². The number of ketones is 1. The van der Waals surface area contributed by atoms with Gasteiger partial charge in [-0.05, 0) is 38.1 Å². The van der Waals surface area contributed by atoms with Gasteiger partial charge in [0.25, 0.3) is 0 Å². The first-order valence-electron chi connectivity index (χ1n) is 6.57. The Morgan fingerprint density at radius 1 is 1.21 bits per heavy atom. The van der Waals surface area contributed by atoms with Gasteiger partial charge in [-0.3, -0.25) is 9.69 Å². The van der Waals surface area contributed by atoms with E-state index in [1.54, 1.807) is 7.11 Å². The summed E-state index contributed by atoms with van der Waals surface area (Å²) in [4.78, 5) is 14.8. The van der Waals surface area contributed by atoms with E-state index in [4.69, 9.17) is 9.47 Å². The molecule has 1 aromatic rings. The van der Waals surface area contributed by atoms with Crippen LogP contribution in [0.3, 0.4) is 0 Å². The lowest BCUT2D eigenvalue weighted by molar-refractivity contribution is -0.00429. The zero-order valence-electron chi connectivity index (χ0n) is 11.8. The third kappa shape index (κ3) is 2.96. The fourth-order valence-corrected chi connectivity index (χ4v) is 2.36. The largest absolute Gasteiger partial charge is 0.497 e. The van der Waals surface area contributed by atoms with Crippen molar-refractivity contribution in [3.8, 4) is 5.75 Å². The first kappa shape index (κ1) is 14.0. The SMILES string of the molecule is COc1ccc(C(=O)C(C)(C)N2CCOCC2)cc1. The first-order chi connectivity index (χ1) is 9.05. The third-order valence-corrected chi connectivity index (χ3v) is 3.71. The second-order valence-electron chi connectivity index (χ2n) is 5.22. The molecule has 19 heavy (non-hydrogen) atoms. The summed E-state index contributed by atoms with van der Waals surface area (Å²) in [7, 11) is 1.62. The molecule has 1 aliphatic rings. The Balaban J connectivity index is 2.15. The van der Waals surface area contributed by atoms with Crippen LogP contribution in [0.25, 0.3) is 0 Å². The number of hydrogen-bond donors (Lipinski definition) is 0. The van der Waals surface area contributed by atoms with Crippen molar-refractivity contribution in [2.24, 2.45) is 0 Å². The summed E-state index contributed by atoms with van der Waals surface area (Å²) in [5.41, 5.74) is 0.218. The minimum atomic E-state index is -0.502. The van der Waals surface area contributed by atoms with Gasteiger partial charge in [-0.1, -0.05) is 0 Å². The Bertz CT molecular complexity index is 433. The Morgan fingerprint density at radius 2 is 1.79 bits per heavy atom. The Morgan fingerprint density at radius 3 is 2.32 bits per heavy atom. The minimum Gasteiger partial charge on any atom is -0.497 e. The number of ether oxygens (including phenoxy) is 2. The smallest absolute Gasteiger partial charge is 0.182 e. The van der Waals surface area contributed by atoms with Crippen LogP contribution in [0.2, 0.25) is 0 Å². The van der Waals surface area contributed by atoms with Crippen LogP contribution in [0.1, 0.15) is 24.2 Å². The number of carbonyl (C=O) groups excluding carboxylic acids is 1. The van der Waals surface area contributed by atoms with E-state index in [0.717, 1.165) is 24.4 Å². The Hall–Kier alpha value is -1.39. The summed E-state index contributed by atoms with van der Waals surface area (Å²) in [5.74, 6) is 0.901. The normalized spacial score (nSPS) is 17.2. The van der Waals surface area contributed by atoms with Crippen LogP contribution in [0.5, 0.6) is 5.75 Å². The average molecular weight is 263 g/mol. The predicted molar refractivity (Wildman–Crippen MR) is 73.8 cm³/mol. The van der Waals surface area contributed by atoms with Gasteiger partial charge < -0.3 is 9.47 Å². The molecule has 4 nitrogen and oxygen atoms in total. The molecule has 2 rings (SSSR count). The molecule has 1 aromatic carbocycles. The molecular weight excluding hydrogens is 242 g/mol. The maximum absolute atomic E-state index is 12.6. The summed E-state index contributed by atoms with van der Waals surface area (Å²) >= 11 is 0. The first-order valence-corrected chi connectivity index (χ1v) is 6.57. The number of hydrogen-bond acceptors (Lipinski definition) is 4. The second kappa shape index (κ2) is 5.72. The molecule has 0 saturated carbocycles. The molecule has 0 N–H and O–H groups in total. The van der Waals surface area contributed by atoms with Gasteiger partial charge in [-0.25, -0.2) is 0 Å². The van der Waals surface area contributed by atoms with Gasteiger partial charge in [0.1, 0.15) is 5.75 Å². The highest BCUT2D eigenvalue weighted by molar-refractivity contribution is 6.02. The van der Waals surface area contributed by atoms with Crippen molar-refractivity contribution in [2.45, 2.75) is 19.4 Å². The van der Waals surface area contributed by atoms with E-state index in [-0.39, 0.29) is 5.78 Å². The van der Waals surface area contributed by atoms with E-state index in [1.807, 2.05) is 38.1 Å². The summed E-state index contributed by atoms with van der Waals surface area (Å²) in [5, 5.41) is 0. The number of Topliss-reactive ketones (excluding diaryl/α,β-unsaturated/α-hetero) is 1. The fourth-order valence-electron chi connectivity index (χ4n) is 2.36. The number of morpholine rings is 1. The van der Waals surface area contributed by atoms with Gasteiger partial charge in [-0.2, -0.15) is 0 Å².